The third kappa shape index (κ3) is 2.86. The summed E-state index contributed by atoms with van der Waals surface area (Å²) in [4.78, 5) is 17.2. The number of likely N-dealkylation sites (tertiary alicyclic amines) is 1. The molecule has 2 saturated carbocycles. The van der Waals surface area contributed by atoms with Crippen LogP contribution in [0, 0.1) is 5.92 Å². The van der Waals surface area contributed by atoms with Crippen molar-refractivity contribution < 1.29 is 4.79 Å². The molecule has 3 fully saturated rings. The van der Waals surface area contributed by atoms with Crippen LogP contribution in [0.2, 0.25) is 0 Å². The normalized spacial score (nSPS) is 28.5. The molecule has 0 N–H and O–H groups in total. The van der Waals surface area contributed by atoms with Crippen molar-refractivity contribution >= 4 is 5.91 Å². The fourth-order valence-corrected chi connectivity index (χ4v) is 5.06. The number of carbonyl (C=O) groups excluding carboxylic acids is 1. The molecule has 1 atom stereocenters. The van der Waals surface area contributed by atoms with Crippen LogP contribution in [0.15, 0.2) is 0 Å². The van der Waals surface area contributed by atoms with Gasteiger partial charge in [-0.05, 0) is 56.6 Å². The second kappa shape index (κ2) is 6.67. The highest BCUT2D eigenvalue weighted by atomic mass is 16.2. The van der Waals surface area contributed by atoms with Crippen LogP contribution in [-0.2, 0) is 10.3 Å². The number of nitrogens with zero attached hydrogens (tertiary/aromatic N) is 6. The van der Waals surface area contributed by atoms with Crippen LogP contribution in [0.4, 0.5) is 0 Å². The van der Waals surface area contributed by atoms with E-state index >= 15 is 0 Å². The lowest BCUT2D eigenvalue weighted by atomic mass is 9.95. The van der Waals surface area contributed by atoms with Crippen molar-refractivity contribution in [2.24, 2.45) is 5.92 Å². The molecule has 3 aliphatic rings. The van der Waals surface area contributed by atoms with E-state index in [-0.39, 0.29) is 11.5 Å². The fourth-order valence-electron chi connectivity index (χ4n) is 5.06. The Morgan fingerprint density at radius 2 is 1.80 bits per heavy atom. The van der Waals surface area contributed by atoms with E-state index in [9.17, 15) is 4.79 Å². The van der Waals surface area contributed by atoms with E-state index in [0.717, 1.165) is 44.5 Å². The topological polar surface area (TPSA) is 67.2 Å². The summed E-state index contributed by atoms with van der Waals surface area (Å²) in [5.41, 5.74) is -0.264. The number of amides is 1. The Labute approximate surface area is 149 Å². The predicted molar refractivity (Wildman–Crippen MR) is 93.8 cm³/mol. The molecule has 7 nitrogen and oxygen atoms in total. The highest BCUT2D eigenvalue weighted by Crippen LogP contribution is 2.39. The van der Waals surface area contributed by atoms with Crippen molar-refractivity contribution in [3.8, 4) is 0 Å². The van der Waals surface area contributed by atoms with Crippen molar-refractivity contribution in [3.63, 3.8) is 0 Å². The number of aromatic nitrogens is 4. The molecule has 7 heteroatoms. The summed E-state index contributed by atoms with van der Waals surface area (Å²) >= 11 is 0. The van der Waals surface area contributed by atoms with Crippen molar-refractivity contribution in [3.05, 3.63) is 5.82 Å². The van der Waals surface area contributed by atoms with Crippen molar-refractivity contribution in [1.29, 1.82) is 0 Å². The number of carbonyl (C=O) groups is 1. The minimum atomic E-state index is -0.264. The Morgan fingerprint density at radius 1 is 1.12 bits per heavy atom. The van der Waals surface area contributed by atoms with Crippen molar-refractivity contribution in [2.75, 3.05) is 27.2 Å². The summed E-state index contributed by atoms with van der Waals surface area (Å²) < 4.78 is 2.07. The van der Waals surface area contributed by atoms with Crippen LogP contribution in [0.3, 0.4) is 0 Å². The molecule has 138 valence electrons. The summed E-state index contributed by atoms with van der Waals surface area (Å²) in [6.07, 6.45) is 10.3. The molecule has 0 bridgehead atoms. The fraction of sp³-hybridized carbons (Fsp3) is 0.889. The average Bonchev–Trinajstić information content (AvgIpc) is 3.42. The molecule has 1 unspecified atom stereocenters. The minimum Gasteiger partial charge on any atom is -0.340 e. The van der Waals surface area contributed by atoms with E-state index in [0.29, 0.717) is 18.5 Å². The molecule has 1 aromatic heterocycles. The molecule has 1 aliphatic heterocycles. The first-order valence-electron chi connectivity index (χ1n) is 9.86. The molecule has 1 aromatic rings. The SMILES string of the molecule is CN(C)C1(c2nnnn2C2CCCC2)CCN(C(=O)C2CCCC2)C1. The van der Waals surface area contributed by atoms with Gasteiger partial charge in [0.25, 0.3) is 0 Å². The standard InChI is InChI=1S/C18H30N6O/c1-22(2)18(17-19-20-21-24(17)15-9-5-6-10-15)11-12-23(13-18)16(25)14-7-3-4-8-14/h14-15H,3-13H2,1-2H3. The van der Waals surface area contributed by atoms with Crippen LogP contribution in [0.1, 0.15) is 69.7 Å². The molecule has 2 aliphatic carbocycles. The molecule has 4 rings (SSSR count). The molecule has 25 heavy (non-hydrogen) atoms. The van der Waals surface area contributed by atoms with Crippen LogP contribution >= 0.6 is 0 Å². The lowest BCUT2D eigenvalue weighted by Gasteiger charge is -2.35. The van der Waals surface area contributed by atoms with Gasteiger partial charge in [-0.1, -0.05) is 25.7 Å². The van der Waals surface area contributed by atoms with Crippen LogP contribution < -0.4 is 0 Å². The number of tetrazole rings is 1. The van der Waals surface area contributed by atoms with Gasteiger partial charge in [0.2, 0.25) is 5.91 Å². The number of hydrogen-bond acceptors (Lipinski definition) is 5. The lowest BCUT2D eigenvalue weighted by Crippen LogP contribution is -2.47. The lowest BCUT2D eigenvalue weighted by molar-refractivity contribution is -0.134. The first-order chi connectivity index (χ1) is 12.1. The van der Waals surface area contributed by atoms with E-state index in [1.165, 1.54) is 25.7 Å². The molecular formula is C18H30N6O. The average molecular weight is 346 g/mol. The summed E-state index contributed by atoms with van der Waals surface area (Å²) in [6, 6.07) is 0.418. The van der Waals surface area contributed by atoms with Crippen molar-refractivity contribution in [1.82, 2.24) is 30.0 Å². The smallest absolute Gasteiger partial charge is 0.225 e. The van der Waals surface area contributed by atoms with E-state index in [1.807, 2.05) is 0 Å². The largest absolute Gasteiger partial charge is 0.340 e. The number of hydrogen-bond donors (Lipinski definition) is 0. The van der Waals surface area contributed by atoms with Gasteiger partial charge < -0.3 is 4.90 Å². The zero-order valence-electron chi connectivity index (χ0n) is 15.5. The maximum Gasteiger partial charge on any atom is 0.225 e. The zero-order valence-corrected chi connectivity index (χ0v) is 15.5. The second-order valence-electron chi connectivity index (χ2n) is 8.30. The van der Waals surface area contributed by atoms with Gasteiger partial charge in [-0.15, -0.1) is 5.10 Å². The molecule has 0 aromatic carbocycles. The van der Waals surface area contributed by atoms with Gasteiger partial charge in [0.05, 0.1) is 6.04 Å². The van der Waals surface area contributed by atoms with Gasteiger partial charge in [-0.3, -0.25) is 9.69 Å². The third-order valence-electron chi connectivity index (χ3n) is 6.70. The number of likely N-dealkylation sites (N-methyl/N-ethyl adjacent to an activating group) is 1. The van der Waals surface area contributed by atoms with Crippen LogP contribution in [-0.4, -0.2) is 63.1 Å². The first-order valence-corrected chi connectivity index (χ1v) is 9.86. The van der Waals surface area contributed by atoms with Crippen LogP contribution in [0.25, 0.3) is 0 Å². The Bertz CT molecular complexity index is 617. The van der Waals surface area contributed by atoms with E-state index in [4.69, 9.17) is 0 Å². The van der Waals surface area contributed by atoms with E-state index in [1.54, 1.807) is 0 Å². The highest BCUT2D eigenvalue weighted by molar-refractivity contribution is 5.79. The number of rotatable bonds is 4. The summed E-state index contributed by atoms with van der Waals surface area (Å²) in [5.74, 6) is 1.54. The quantitative estimate of drug-likeness (QED) is 0.834. The van der Waals surface area contributed by atoms with Gasteiger partial charge in [0, 0.05) is 19.0 Å². The van der Waals surface area contributed by atoms with Crippen LogP contribution in [0.5, 0.6) is 0 Å². The second-order valence-corrected chi connectivity index (χ2v) is 8.30. The molecule has 1 amide bonds. The Hall–Kier alpha value is -1.50. The Kier molecular flexibility index (Phi) is 4.52. The van der Waals surface area contributed by atoms with Gasteiger partial charge in [0.1, 0.15) is 5.54 Å². The van der Waals surface area contributed by atoms with Gasteiger partial charge >= 0.3 is 0 Å². The monoisotopic (exact) mass is 346 g/mol. The predicted octanol–water partition coefficient (Wildman–Crippen LogP) is 1.97. The Morgan fingerprint density at radius 3 is 2.48 bits per heavy atom. The van der Waals surface area contributed by atoms with Crippen molar-refractivity contribution in [2.45, 2.75) is 69.4 Å². The molecule has 1 saturated heterocycles. The molecule has 2 heterocycles. The summed E-state index contributed by atoms with van der Waals surface area (Å²) in [6.45, 7) is 1.52. The summed E-state index contributed by atoms with van der Waals surface area (Å²) in [7, 11) is 4.19. The van der Waals surface area contributed by atoms with Gasteiger partial charge in [-0.25, -0.2) is 4.68 Å². The molecular weight excluding hydrogens is 316 g/mol. The third-order valence-corrected chi connectivity index (χ3v) is 6.70. The highest BCUT2D eigenvalue weighted by Gasteiger charge is 2.48. The van der Waals surface area contributed by atoms with E-state index < -0.39 is 0 Å². The maximum atomic E-state index is 12.9. The molecule has 0 radical (unpaired) electrons. The Balaban J connectivity index is 1.59. The summed E-state index contributed by atoms with van der Waals surface area (Å²) in [5, 5.41) is 12.8. The zero-order chi connectivity index (χ0) is 17.4. The maximum absolute atomic E-state index is 12.9. The van der Waals surface area contributed by atoms with Gasteiger partial charge in [0.15, 0.2) is 5.82 Å². The minimum absolute atomic E-state index is 0.240. The first kappa shape index (κ1) is 16.9. The van der Waals surface area contributed by atoms with E-state index in [2.05, 4.69) is 44.1 Å². The molecule has 0 spiro atoms. The van der Waals surface area contributed by atoms with Gasteiger partial charge in [-0.2, -0.15) is 0 Å².